The summed E-state index contributed by atoms with van der Waals surface area (Å²) in [5.74, 6) is -0.692. The first kappa shape index (κ1) is 11.0. The van der Waals surface area contributed by atoms with Gasteiger partial charge < -0.3 is 10.1 Å². The van der Waals surface area contributed by atoms with Gasteiger partial charge >= 0.3 is 5.97 Å². The zero-order valence-electron chi connectivity index (χ0n) is 9.15. The van der Waals surface area contributed by atoms with E-state index in [9.17, 15) is 4.79 Å². The Bertz CT molecular complexity index is 497. The Balaban J connectivity index is 2.51. The van der Waals surface area contributed by atoms with Crippen molar-refractivity contribution in [2.75, 3.05) is 0 Å². The predicted octanol–water partition coefficient (Wildman–Crippen LogP) is 3.56. The third-order valence-electron chi connectivity index (χ3n) is 2.44. The summed E-state index contributed by atoms with van der Waals surface area (Å²) < 4.78 is 0. The standard InChI is InChI=1S/C12H13NO2S/c1-7(2)11-8(12(14)15)6-9(13-11)10-4-3-5-16-10/h3-7,13H,1-2H3,(H,14,15). The van der Waals surface area contributed by atoms with Crippen LogP contribution in [0.3, 0.4) is 0 Å². The van der Waals surface area contributed by atoms with Crippen molar-refractivity contribution < 1.29 is 9.90 Å². The zero-order valence-corrected chi connectivity index (χ0v) is 9.97. The molecular weight excluding hydrogens is 222 g/mol. The third kappa shape index (κ3) is 1.88. The molecule has 0 unspecified atom stereocenters. The Labute approximate surface area is 97.8 Å². The fourth-order valence-corrected chi connectivity index (χ4v) is 2.37. The number of aromatic nitrogens is 1. The largest absolute Gasteiger partial charge is 0.478 e. The van der Waals surface area contributed by atoms with Crippen LogP contribution in [0.4, 0.5) is 0 Å². The summed E-state index contributed by atoms with van der Waals surface area (Å²) in [4.78, 5) is 15.4. The molecule has 0 fully saturated rings. The van der Waals surface area contributed by atoms with Crippen LogP contribution in [0.15, 0.2) is 23.6 Å². The monoisotopic (exact) mass is 235 g/mol. The Morgan fingerprint density at radius 2 is 2.25 bits per heavy atom. The van der Waals surface area contributed by atoms with E-state index in [0.29, 0.717) is 5.56 Å². The molecular formula is C12H13NO2S. The Hall–Kier alpha value is -1.55. The molecule has 0 aliphatic rings. The molecule has 2 aromatic rings. The maximum absolute atomic E-state index is 11.1. The lowest BCUT2D eigenvalue weighted by atomic mass is 10.1. The van der Waals surface area contributed by atoms with Crippen LogP contribution in [0.2, 0.25) is 0 Å². The van der Waals surface area contributed by atoms with Crippen LogP contribution in [0.25, 0.3) is 10.6 Å². The molecule has 16 heavy (non-hydrogen) atoms. The van der Waals surface area contributed by atoms with Crippen molar-refractivity contribution in [1.82, 2.24) is 4.98 Å². The minimum atomic E-state index is -0.872. The number of hydrogen-bond donors (Lipinski definition) is 2. The summed E-state index contributed by atoms with van der Waals surface area (Å²) in [5.41, 5.74) is 2.05. The van der Waals surface area contributed by atoms with Crippen molar-refractivity contribution in [2.24, 2.45) is 0 Å². The first-order valence-corrected chi connectivity index (χ1v) is 5.97. The number of thiophene rings is 1. The summed E-state index contributed by atoms with van der Waals surface area (Å²) in [6.45, 7) is 3.97. The Morgan fingerprint density at radius 3 is 2.69 bits per heavy atom. The number of rotatable bonds is 3. The van der Waals surface area contributed by atoms with Crippen molar-refractivity contribution in [1.29, 1.82) is 0 Å². The van der Waals surface area contributed by atoms with Gasteiger partial charge in [0.05, 0.1) is 16.1 Å². The van der Waals surface area contributed by atoms with Gasteiger partial charge in [0.1, 0.15) is 0 Å². The molecule has 0 atom stereocenters. The molecule has 3 nitrogen and oxygen atoms in total. The molecule has 0 spiro atoms. The topological polar surface area (TPSA) is 53.1 Å². The number of carboxylic acid groups (broad SMARTS) is 1. The van der Waals surface area contributed by atoms with E-state index in [1.54, 1.807) is 17.4 Å². The zero-order chi connectivity index (χ0) is 11.7. The fraction of sp³-hybridized carbons (Fsp3) is 0.250. The van der Waals surface area contributed by atoms with E-state index in [1.165, 1.54) is 0 Å². The normalized spacial score (nSPS) is 10.9. The average molecular weight is 235 g/mol. The summed E-state index contributed by atoms with van der Waals surface area (Å²) >= 11 is 1.60. The second-order valence-electron chi connectivity index (χ2n) is 3.95. The molecule has 0 aliphatic carbocycles. The highest BCUT2D eigenvalue weighted by molar-refractivity contribution is 7.13. The van der Waals surface area contributed by atoms with Gasteiger partial charge in [-0.2, -0.15) is 0 Å². The number of carbonyl (C=O) groups is 1. The molecule has 0 aliphatic heterocycles. The van der Waals surface area contributed by atoms with Crippen molar-refractivity contribution in [3.63, 3.8) is 0 Å². The van der Waals surface area contributed by atoms with Gasteiger partial charge in [0.25, 0.3) is 0 Å². The van der Waals surface area contributed by atoms with Crippen LogP contribution in [0, 0.1) is 0 Å². The highest BCUT2D eigenvalue weighted by Gasteiger charge is 2.17. The minimum absolute atomic E-state index is 0.180. The molecule has 0 saturated heterocycles. The lowest BCUT2D eigenvalue weighted by Gasteiger charge is -2.03. The molecule has 84 valence electrons. The van der Waals surface area contributed by atoms with E-state index < -0.39 is 5.97 Å². The molecule has 0 saturated carbocycles. The highest BCUT2D eigenvalue weighted by atomic mass is 32.1. The molecule has 0 radical (unpaired) electrons. The number of nitrogens with one attached hydrogen (secondary N) is 1. The van der Waals surface area contributed by atoms with E-state index in [1.807, 2.05) is 31.4 Å². The maximum Gasteiger partial charge on any atom is 0.337 e. The first-order chi connectivity index (χ1) is 7.59. The van der Waals surface area contributed by atoms with Crippen LogP contribution >= 0.6 is 11.3 Å². The molecule has 0 amide bonds. The Morgan fingerprint density at radius 1 is 1.50 bits per heavy atom. The van der Waals surface area contributed by atoms with E-state index in [-0.39, 0.29) is 5.92 Å². The van der Waals surface area contributed by atoms with Gasteiger partial charge in [0.15, 0.2) is 0 Å². The second-order valence-corrected chi connectivity index (χ2v) is 4.90. The second kappa shape index (κ2) is 4.14. The smallest absolute Gasteiger partial charge is 0.337 e. The molecule has 2 aromatic heterocycles. The SMILES string of the molecule is CC(C)c1[nH]c(-c2cccs2)cc1C(=O)O. The summed E-state index contributed by atoms with van der Waals surface area (Å²) in [6, 6.07) is 5.64. The lowest BCUT2D eigenvalue weighted by molar-refractivity contribution is 0.0695. The Kier molecular flexibility index (Phi) is 2.83. The molecule has 4 heteroatoms. The van der Waals surface area contributed by atoms with Crippen molar-refractivity contribution in [2.45, 2.75) is 19.8 Å². The number of aromatic carboxylic acids is 1. The van der Waals surface area contributed by atoms with Gasteiger partial charge in [-0.1, -0.05) is 19.9 Å². The van der Waals surface area contributed by atoms with E-state index in [0.717, 1.165) is 16.3 Å². The molecule has 2 rings (SSSR count). The van der Waals surface area contributed by atoms with E-state index in [2.05, 4.69) is 4.98 Å². The quantitative estimate of drug-likeness (QED) is 0.854. The predicted molar refractivity (Wildman–Crippen MR) is 65.2 cm³/mol. The van der Waals surface area contributed by atoms with Crippen LogP contribution in [-0.2, 0) is 0 Å². The van der Waals surface area contributed by atoms with Crippen molar-refractivity contribution >= 4 is 17.3 Å². The molecule has 2 N–H and O–H groups in total. The number of hydrogen-bond acceptors (Lipinski definition) is 2. The van der Waals surface area contributed by atoms with Crippen LogP contribution in [-0.4, -0.2) is 16.1 Å². The fourth-order valence-electron chi connectivity index (χ4n) is 1.67. The maximum atomic E-state index is 11.1. The van der Waals surface area contributed by atoms with Gasteiger partial charge in [0.2, 0.25) is 0 Å². The van der Waals surface area contributed by atoms with Gasteiger partial charge in [0, 0.05) is 5.69 Å². The van der Waals surface area contributed by atoms with Crippen LogP contribution < -0.4 is 0 Å². The molecule has 2 heterocycles. The number of aromatic amines is 1. The number of H-pyrrole nitrogens is 1. The van der Waals surface area contributed by atoms with Crippen LogP contribution in [0.1, 0.15) is 35.8 Å². The third-order valence-corrected chi connectivity index (χ3v) is 3.35. The first-order valence-electron chi connectivity index (χ1n) is 5.09. The molecule has 0 aromatic carbocycles. The van der Waals surface area contributed by atoms with Crippen LogP contribution in [0.5, 0.6) is 0 Å². The number of carboxylic acids is 1. The summed E-state index contributed by atoms with van der Waals surface area (Å²) in [7, 11) is 0. The molecule has 0 bridgehead atoms. The average Bonchev–Trinajstić information content (AvgIpc) is 2.86. The van der Waals surface area contributed by atoms with Gasteiger partial charge in [-0.05, 0) is 23.4 Å². The summed E-state index contributed by atoms with van der Waals surface area (Å²) in [5, 5.41) is 11.1. The summed E-state index contributed by atoms with van der Waals surface area (Å²) in [6.07, 6.45) is 0. The van der Waals surface area contributed by atoms with Crippen molar-refractivity contribution in [3.05, 3.63) is 34.8 Å². The van der Waals surface area contributed by atoms with Gasteiger partial charge in [-0.25, -0.2) is 4.79 Å². The van der Waals surface area contributed by atoms with Crippen molar-refractivity contribution in [3.8, 4) is 10.6 Å². The van der Waals surface area contributed by atoms with Gasteiger partial charge in [-0.3, -0.25) is 0 Å². The highest BCUT2D eigenvalue weighted by Crippen LogP contribution is 2.29. The van der Waals surface area contributed by atoms with Gasteiger partial charge in [-0.15, -0.1) is 11.3 Å². The van der Waals surface area contributed by atoms with E-state index >= 15 is 0 Å². The lowest BCUT2D eigenvalue weighted by Crippen LogP contribution is -2.01. The van der Waals surface area contributed by atoms with E-state index in [4.69, 9.17) is 5.11 Å². The minimum Gasteiger partial charge on any atom is -0.478 e.